The minimum Gasteiger partial charge on any atom is -0.469 e. The van der Waals surface area contributed by atoms with Crippen LogP contribution in [0.25, 0.3) is 0 Å². The summed E-state index contributed by atoms with van der Waals surface area (Å²) in [5, 5.41) is 8.90. The summed E-state index contributed by atoms with van der Waals surface area (Å²) < 4.78 is 4.97. The quantitative estimate of drug-likeness (QED) is 0.784. The van der Waals surface area contributed by atoms with Gasteiger partial charge in [-0.1, -0.05) is 6.92 Å². The van der Waals surface area contributed by atoms with Crippen LogP contribution in [-0.2, 0) is 14.3 Å². The number of ether oxygens (including phenoxy) is 1. The van der Waals surface area contributed by atoms with Crippen molar-refractivity contribution in [1.29, 1.82) is 5.26 Å². The number of likely N-dealkylation sites (tertiary alicyclic amines) is 1. The van der Waals surface area contributed by atoms with Crippen LogP contribution in [0.5, 0.6) is 0 Å². The summed E-state index contributed by atoms with van der Waals surface area (Å²) in [5.74, 6) is -0.0142. The normalized spacial score (nSPS) is 29.7. The lowest BCUT2D eigenvalue weighted by Gasteiger charge is -2.26. The van der Waals surface area contributed by atoms with Crippen molar-refractivity contribution in [3.05, 3.63) is 29.8 Å². The standard InChI is InChI=1S/C19H23N3O3/c1-13-11-21(12-19(13,2)18(24)25-3)16-8-9-22(17(16)23)15-6-4-14(10-20)5-7-15/h4-7,13,16H,8-9,11-12H2,1-3H3/t13-,16?,19-/m1/s1. The van der Waals surface area contributed by atoms with Crippen LogP contribution in [0.2, 0.25) is 0 Å². The molecule has 2 saturated heterocycles. The predicted octanol–water partition coefficient (Wildman–Crippen LogP) is 1.79. The highest BCUT2D eigenvalue weighted by atomic mass is 16.5. The third kappa shape index (κ3) is 2.89. The topological polar surface area (TPSA) is 73.6 Å². The molecular formula is C19H23N3O3. The van der Waals surface area contributed by atoms with E-state index in [-0.39, 0.29) is 23.8 Å². The van der Waals surface area contributed by atoms with Crippen LogP contribution in [-0.4, -0.2) is 49.6 Å². The Kier molecular flexibility index (Phi) is 4.53. The minimum atomic E-state index is -0.573. The first-order valence-corrected chi connectivity index (χ1v) is 8.54. The van der Waals surface area contributed by atoms with E-state index < -0.39 is 5.41 Å². The Bertz CT molecular complexity index is 724. The van der Waals surface area contributed by atoms with E-state index in [2.05, 4.69) is 11.0 Å². The van der Waals surface area contributed by atoms with Gasteiger partial charge in [-0.3, -0.25) is 14.5 Å². The molecule has 1 amide bonds. The van der Waals surface area contributed by atoms with Gasteiger partial charge in [-0.25, -0.2) is 0 Å². The number of nitrogens with zero attached hydrogens (tertiary/aromatic N) is 3. The van der Waals surface area contributed by atoms with Crippen LogP contribution >= 0.6 is 0 Å². The first kappa shape index (κ1) is 17.4. The smallest absolute Gasteiger partial charge is 0.313 e. The maximum Gasteiger partial charge on any atom is 0.313 e. The number of rotatable bonds is 3. The molecule has 0 aliphatic carbocycles. The second-order valence-electron chi connectivity index (χ2n) is 7.19. The zero-order valence-corrected chi connectivity index (χ0v) is 14.9. The average Bonchev–Trinajstić information content (AvgIpc) is 3.15. The van der Waals surface area contributed by atoms with E-state index in [0.29, 0.717) is 25.2 Å². The van der Waals surface area contributed by atoms with Gasteiger partial charge in [0.15, 0.2) is 0 Å². The fraction of sp³-hybridized carbons (Fsp3) is 0.526. The number of amides is 1. The lowest BCUT2D eigenvalue weighted by Crippen LogP contribution is -2.42. The highest BCUT2D eigenvalue weighted by Gasteiger charge is 2.51. The molecule has 2 aliphatic heterocycles. The largest absolute Gasteiger partial charge is 0.469 e. The van der Waals surface area contributed by atoms with Gasteiger partial charge in [-0.15, -0.1) is 0 Å². The van der Waals surface area contributed by atoms with Crippen molar-refractivity contribution < 1.29 is 14.3 Å². The number of benzene rings is 1. The second-order valence-corrected chi connectivity index (χ2v) is 7.19. The summed E-state index contributed by atoms with van der Waals surface area (Å²) in [6.45, 7) is 5.85. The summed E-state index contributed by atoms with van der Waals surface area (Å²) in [7, 11) is 1.41. The summed E-state index contributed by atoms with van der Waals surface area (Å²) in [4.78, 5) is 29.0. The Morgan fingerprint density at radius 2 is 2.04 bits per heavy atom. The van der Waals surface area contributed by atoms with E-state index in [0.717, 1.165) is 12.1 Å². The van der Waals surface area contributed by atoms with Crippen LogP contribution in [0.4, 0.5) is 5.69 Å². The van der Waals surface area contributed by atoms with Crippen LogP contribution in [0.3, 0.4) is 0 Å². The third-order valence-corrected chi connectivity index (χ3v) is 5.71. The van der Waals surface area contributed by atoms with Crippen LogP contribution in [0.1, 0.15) is 25.8 Å². The number of hydrogen-bond donors (Lipinski definition) is 0. The first-order chi connectivity index (χ1) is 11.9. The molecule has 2 heterocycles. The second kappa shape index (κ2) is 6.49. The van der Waals surface area contributed by atoms with E-state index >= 15 is 0 Å². The molecule has 1 aromatic rings. The maximum atomic E-state index is 12.9. The van der Waals surface area contributed by atoms with Crippen molar-refractivity contribution in [3.63, 3.8) is 0 Å². The average molecular weight is 341 g/mol. The summed E-state index contributed by atoms with van der Waals surface area (Å²) in [5.41, 5.74) is 0.820. The van der Waals surface area contributed by atoms with Gasteiger partial charge in [0.2, 0.25) is 5.91 Å². The van der Waals surface area contributed by atoms with E-state index in [4.69, 9.17) is 10.00 Å². The van der Waals surface area contributed by atoms with Gasteiger partial charge in [0, 0.05) is 25.3 Å². The number of carbonyl (C=O) groups is 2. The summed E-state index contributed by atoms with van der Waals surface area (Å²) >= 11 is 0. The molecule has 0 radical (unpaired) electrons. The van der Waals surface area contributed by atoms with Crippen molar-refractivity contribution in [1.82, 2.24) is 4.90 Å². The minimum absolute atomic E-state index is 0.0611. The molecule has 0 N–H and O–H groups in total. The lowest BCUT2D eigenvalue weighted by molar-refractivity contribution is -0.153. The van der Waals surface area contributed by atoms with E-state index in [1.54, 1.807) is 17.0 Å². The highest BCUT2D eigenvalue weighted by molar-refractivity contribution is 5.99. The Labute approximate surface area is 148 Å². The van der Waals surface area contributed by atoms with Crippen molar-refractivity contribution in [3.8, 4) is 6.07 Å². The fourth-order valence-corrected chi connectivity index (χ4v) is 3.91. The fourth-order valence-electron chi connectivity index (χ4n) is 3.91. The molecule has 3 atom stereocenters. The van der Waals surface area contributed by atoms with Crippen molar-refractivity contribution >= 4 is 17.6 Å². The molecule has 6 nitrogen and oxygen atoms in total. The van der Waals surface area contributed by atoms with Gasteiger partial charge >= 0.3 is 5.97 Å². The van der Waals surface area contributed by atoms with Gasteiger partial charge in [-0.05, 0) is 43.5 Å². The maximum absolute atomic E-state index is 12.9. The number of hydrogen-bond acceptors (Lipinski definition) is 5. The number of methoxy groups -OCH3 is 1. The Morgan fingerprint density at radius 1 is 1.36 bits per heavy atom. The van der Waals surface area contributed by atoms with Gasteiger partial charge in [0.1, 0.15) is 0 Å². The van der Waals surface area contributed by atoms with Crippen LogP contribution < -0.4 is 4.90 Å². The molecular weight excluding hydrogens is 318 g/mol. The van der Waals surface area contributed by atoms with Crippen molar-refractivity contribution in [2.75, 3.05) is 31.6 Å². The zero-order valence-electron chi connectivity index (χ0n) is 14.9. The molecule has 0 saturated carbocycles. The molecule has 3 rings (SSSR count). The number of esters is 1. The molecule has 0 aromatic heterocycles. The van der Waals surface area contributed by atoms with Gasteiger partial charge in [0.05, 0.1) is 30.2 Å². The molecule has 0 spiro atoms. The predicted molar refractivity (Wildman–Crippen MR) is 92.8 cm³/mol. The molecule has 1 aromatic carbocycles. The molecule has 25 heavy (non-hydrogen) atoms. The van der Waals surface area contributed by atoms with E-state index in [1.807, 2.05) is 26.0 Å². The molecule has 132 valence electrons. The molecule has 2 fully saturated rings. The van der Waals surface area contributed by atoms with Gasteiger partial charge in [-0.2, -0.15) is 5.26 Å². The lowest BCUT2D eigenvalue weighted by atomic mass is 9.81. The van der Waals surface area contributed by atoms with E-state index in [9.17, 15) is 9.59 Å². The number of carbonyl (C=O) groups excluding carboxylic acids is 2. The highest BCUT2D eigenvalue weighted by Crippen LogP contribution is 2.39. The Morgan fingerprint density at radius 3 is 2.64 bits per heavy atom. The number of nitriles is 1. The molecule has 1 unspecified atom stereocenters. The number of anilines is 1. The Balaban J connectivity index is 1.74. The van der Waals surface area contributed by atoms with Gasteiger partial charge in [0.25, 0.3) is 0 Å². The summed E-state index contributed by atoms with van der Waals surface area (Å²) in [6.07, 6.45) is 0.739. The molecule has 6 heteroatoms. The van der Waals surface area contributed by atoms with Gasteiger partial charge < -0.3 is 9.64 Å². The molecule has 0 bridgehead atoms. The zero-order chi connectivity index (χ0) is 18.2. The SMILES string of the molecule is COC(=O)[C@]1(C)CN(C2CCN(c3ccc(C#N)cc3)C2=O)C[C@H]1C. The van der Waals surface area contributed by atoms with Crippen molar-refractivity contribution in [2.24, 2.45) is 11.3 Å². The van der Waals surface area contributed by atoms with Crippen LogP contribution in [0, 0.1) is 22.7 Å². The monoisotopic (exact) mass is 341 g/mol. The third-order valence-electron chi connectivity index (χ3n) is 5.71. The first-order valence-electron chi connectivity index (χ1n) is 8.54. The Hall–Kier alpha value is -2.39. The van der Waals surface area contributed by atoms with Crippen molar-refractivity contribution in [2.45, 2.75) is 26.3 Å². The summed E-state index contributed by atoms with van der Waals surface area (Å²) in [6, 6.07) is 8.95. The van der Waals surface area contributed by atoms with Crippen LogP contribution in [0.15, 0.2) is 24.3 Å². The van der Waals surface area contributed by atoms with E-state index in [1.165, 1.54) is 7.11 Å². The molecule has 2 aliphatic rings.